The second-order valence-corrected chi connectivity index (χ2v) is 40.8. The van der Waals surface area contributed by atoms with Gasteiger partial charge in [-0.2, -0.15) is 0 Å². The first-order valence-corrected chi connectivity index (χ1v) is 46.6. The Kier molecular flexibility index (Phi) is 27.9. The van der Waals surface area contributed by atoms with E-state index >= 15 is 0 Å². The second-order valence-electron chi connectivity index (χ2n) is 40.8. The van der Waals surface area contributed by atoms with Gasteiger partial charge >= 0.3 is 0 Å². The summed E-state index contributed by atoms with van der Waals surface area (Å²) in [5.74, 6) is 2.99. The molecule has 0 amide bonds. The van der Waals surface area contributed by atoms with Crippen molar-refractivity contribution in [3.05, 3.63) is 397 Å². The maximum absolute atomic E-state index is 12.0. The third-order valence-electron chi connectivity index (χ3n) is 25.9. The van der Waals surface area contributed by atoms with E-state index < -0.39 is 0 Å². The predicted octanol–water partition coefficient (Wildman–Crippen LogP) is 31.3. The number of phenolic OH excluding ortho intramolecular Hbond substituents is 3. The van der Waals surface area contributed by atoms with E-state index in [0.29, 0.717) is 17.0 Å². The molecule has 0 unspecified atom stereocenters. The number of aromatic nitrogens is 9. The summed E-state index contributed by atoms with van der Waals surface area (Å²) in [4.78, 5) is 30.0. The fourth-order valence-electron chi connectivity index (χ4n) is 18.4. The molecular weight excluding hydrogens is 2250 g/mol. The minimum Gasteiger partial charge on any atom is -0.507 e. The van der Waals surface area contributed by atoms with Gasteiger partial charge in [-0.15, -0.1) is 71.3 Å². The van der Waals surface area contributed by atoms with Crippen LogP contribution < -0.4 is 0 Å². The third kappa shape index (κ3) is 20.0. The number of phenols is 3. The van der Waals surface area contributed by atoms with Crippen LogP contribution in [0.2, 0.25) is 0 Å². The van der Waals surface area contributed by atoms with Crippen LogP contribution in [0.25, 0.3) is 184 Å². The third-order valence-corrected chi connectivity index (χ3v) is 25.9. The standard InChI is InChI=1S/C46H46N3O.C40H34N3O.C38H30N3O.3Pt/c1-44(2,3)32-21-22-47-38(28-32)30-19-20-35-34-17-13-14-18-40(34)49(41(35)24-30)42-25-31(29-15-11-10-12-16-29)23-39(48-42)36-26-33(45(4,5)6)27-37(43(36)50)46(7,8)9;1-25-19-26(2)39(44)33(20-25)35-21-29(27-11-7-6-8-12-27)23-38(42-35)43-36-14-10-9-13-31(36)32-16-15-28(22-37(32)43)34-24-30(17-18-41-34)40(3,4)5;1-38(2,3)28-19-20-39-32(24-28)26-17-18-30-29-13-7-9-15-34(29)41(35(30)22-26)37-23-27(25-11-5-4-6-12-25)21-33(40-37)31-14-8-10-16-36(31)42;;;/h10-23,25-28,50H,1-9H3;6-21,23-24,44H,1-5H3;4-21,23-24,42H,1-3H3;;;/q3*-1;;;. The quantitative estimate of drug-likeness (QED) is 0.101. The van der Waals surface area contributed by atoms with E-state index in [0.717, 1.165) is 189 Å². The molecule has 12 nitrogen and oxygen atoms in total. The van der Waals surface area contributed by atoms with Crippen LogP contribution in [0.3, 0.4) is 0 Å². The molecule has 0 saturated heterocycles. The molecule has 0 atom stereocenters. The van der Waals surface area contributed by atoms with E-state index in [9.17, 15) is 15.3 Å². The number of fused-ring (bicyclic) bond motifs is 9. The summed E-state index contributed by atoms with van der Waals surface area (Å²) < 4.78 is 6.59. The van der Waals surface area contributed by atoms with Crippen molar-refractivity contribution >= 4 is 65.4 Å². The van der Waals surface area contributed by atoms with E-state index in [1.54, 1.807) is 6.07 Å². The molecule has 9 aromatic heterocycles. The fraction of sp³-hybridized carbons (Fsp3) is 0.177. The molecule has 21 aromatic rings. The van der Waals surface area contributed by atoms with Gasteiger partial charge < -0.3 is 44.0 Å². The molecule has 0 saturated carbocycles. The molecule has 0 aliphatic rings. The van der Waals surface area contributed by atoms with Gasteiger partial charge in [-0.3, -0.25) is 0 Å². The molecule has 15 heteroatoms. The van der Waals surface area contributed by atoms with Crippen molar-refractivity contribution in [2.24, 2.45) is 0 Å². The van der Waals surface area contributed by atoms with Crippen molar-refractivity contribution in [2.45, 2.75) is 145 Å². The van der Waals surface area contributed by atoms with Gasteiger partial charge in [0.2, 0.25) is 0 Å². The molecule has 0 bridgehead atoms. The van der Waals surface area contributed by atoms with Crippen LogP contribution in [0.5, 0.6) is 17.2 Å². The van der Waals surface area contributed by atoms with Gasteiger partial charge in [0, 0.05) is 121 Å². The maximum Gasteiger partial charge on any atom is 0.137 e. The number of aryl methyl sites for hydroxylation is 2. The molecule has 0 spiro atoms. The van der Waals surface area contributed by atoms with Crippen molar-refractivity contribution in [1.82, 2.24) is 43.6 Å². The molecular formula is C124H110N9O3Pt3-3. The second kappa shape index (κ2) is 39.4. The van der Waals surface area contributed by atoms with Gasteiger partial charge in [-0.1, -0.05) is 308 Å². The first kappa shape index (κ1) is 98.5. The molecule has 0 radical (unpaired) electrons. The van der Waals surface area contributed by atoms with Crippen LogP contribution in [-0.4, -0.2) is 58.9 Å². The van der Waals surface area contributed by atoms with Gasteiger partial charge in [0.1, 0.15) is 34.7 Å². The number of rotatable bonds is 12. The molecule has 0 aliphatic carbocycles. The normalized spacial score (nSPS) is 11.8. The Labute approximate surface area is 857 Å². The van der Waals surface area contributed by atoms with Crippen LogP contribution in [0.15, 0.2) is 340 Å². The summed E-state index contributed by atoms with van der Waals surface area (Å²) in [5.41, 5.74) is 29.2. The molecule has 12 aromatic carbocycles. The Morgan fingerprint density at radius 1 is 0.252 bits per heavy atom. The predicted molar refractivity (Wildman–Crippen MR) is 563 cm³/mol. The van der Waals surface area contributed by atoms with E-state index in [-0.39, 0.29) is 108 Å². The molecule has 702 valence electrons. The van der Waals surface area contributed by atoms with Gasteiger partial charge in [-0.05, 0) is 255 Å². The number of hydrogen-bond acceptors (Lipinski definition) is 9. The van der Waals surface area contributed by atoms with Crippen LogP contribution in [0.1, 0.15) is 143 Å². The number of para-hydroxylation sites is 4. The number of pyridine rings is 6. The zero-order valence-electron chi connectivity index (χ0n) is 81.1. The van der Waals surface area contributed by atoms with E-state index in [1.807, 2.05) is 111 Å². The zero-order chi connectivity index (χ0) is 95.0. The average molecular weight is 2360 g/mol. The topological polar surface area (TPSA) is 153 Å². The molecule has 3 N–H and O–H groups in total. The van der Waals surface area contributed by atoms with E-state index in [4.69, 9.17) is 29.9 Å². The van der Waals surface area contributed by atoms with Gasteiger partial charge in [0.05, 0.1) is 17.1 Å². The molecule has 139 heavy (non-hydrogen) atoms. The Morgan fingerprint density at radius 2 is 0.568 bits per heavy atom. The van der Waals surface area contributed by atoms with Crippen LogP contribution >= 0.6 is 0 Å². The minimum absolute atomic E-state index is 0. The molecule has 0 aliphatic heterocycles. The van der Waals surface area contributed by atoms with Gasteiger partial charge in [0.15, 0.2) is 0 Å². The maximum atomic E-state index is 12.0. The average Bonchev–Trinajstić information content (AvgIpc) is 1.63. The Hall–Kier alpha value is -13.6. The number of nitrogens with zero attached hydrogens (tertiary/aromatic N) is 9. The Morgan fingerprint density at radius 3 is 0.906 bits per heavy atom. The summed E-state index contributed by atoms with van der Waals surface area (Å²) in [6.07, 6.45) is 5.66. The number of aromatic hydroxyl groups is 3. The monoisotopic (exact) mass is 2360 g/mol. The van der Waals surface area contributed by atoms with Crippen LogP contribution in [0.4, 0.5) is 0 Å². The van der Waals surface area contributed by atoms with Gasteiger partial charge in [-0.25, -0.2) is 15.0 Å². The van der Waals surface area contributed by atoms with Gasteiger partial charge in [0.25, 0.3) is 0 Å². The van der Waals surface area contributed by atoms with Crippen molar-refractivity contribution in [3.63, 3.8) is 0 Å². The summed E-state index contributed by atoms with van der Waals surface area (Å²) in [6, 6.07) is 121. The Bertz CT molecular complexity index is 8190. The summed E-state index contributed by atoms with van der Waals surface area (Å²) >= 11 is 0. The molecule has 0 fully saturated rings. The number of benzene rings is 12. The van der Waals surface area contributed by atoms with Crippen molar-refractivity contribution in [1.29, 1.82) is 0 Å². The molecule has 21 rings (SSSR count). The molecule has 9 heterocycles. The first-order chi connectivity index (χ1) is 65.1. The smallest absolute Gasteiger partial charge is 0.137 e. The van der Waals surface area contributed by atoms with Crippen LogP contribution in [-0.2, 0) is 90.3 Å². The largest absolute Gasteiger partial charge is 0.507 e. The van der Waals surface area contributed by atoms with E-state index in [2.05, 4.69) is 372 Å². The van der Waals surface area contributed by atoms with Crippen molar-refractivity contribution in [2.75, 3.05) is 0 Å². The summed E-state index contributed by atoms with van der Waals surface area (Å²) in [7, 11) is 0. The SMILES string of the molecule is CC(C)(C)c1ccnc(-c2[c-]c3c(cc2)c2ccccc2n3-c2cc(-c3ccccc3)cc(-c3cc(C(C)(C)C)cc(C(C)(C)C)c3O)n2)c1.CC(C)(C)c1ccnc(-c2[c-]c3c(cc2)c2ccccc2n3-c2cc(-c3ccccc3)cc(-c3ccccc3O)n2)c1.Cc1cc(C)c(O)c(-c2cc(-c3ccccc3)cc(-n3c4[c-]c(-c5cc(C(C)(C)C)ccn5)ccc4c4ccccc43)n2)c1.[Pt].[Pt].[Pt]. The first-order valence-electron chi connectivity index (χ1n) is 46.6. The number of hydrogen-bond donors (Lipinski definition) is 3. The minimum atomic E-state index is -0.267. The summed E-state index contributed by atoms with van der Waals surface area (Å²) in [5, 5.41) is 40.6. The van der Waals surface area contributed by atoms with Crippen molar-refractivity contribution in [3.8, 4) is 136 Å². The fourth-order valence-corrected chi connectivity index (χ4v) is 18.4. The Balaban J connectivity index is 0.000000150. The zero-order valence-corrected chi connectivity index (χ0v) is 88.0. The van der Waals surface area contributed by atoms with Crippen LogP contribution in [0, 0.1) is 32.0 Å². The summed E-state index contributed by atoms with van der Waals surface area (Å²) in [6.45, 7) is 37.0. The van der Waals surface area contributed by atoms with E-state index in [1.165, 1.54) is 16.7 Å². The van der Waals surface area contributed by atoms with Crippen molar-refractivity contribution < 1.29 is 78.5 Å².